The molecule has 0 aliphatic rings. The summed E-state index contributed by atoms with van der Waals surface area (Å²) in [4.78, 5) is 12.8. The van der Waals surface area contributed by atoms with Crippen molar-refractivity contribution >= 4 is 18.3 Å². The van der Waals surface area contributed by atoms with Crippen molar-refractivity contribution in [1.82, 2.24) is 15.1 Å². The molecule has 0 bridgehead atoms. The van der Waals surface area contributed by atoms with Gasteiger partial charge in [-0.15, -0.1) is 12.4 Å². The molecule has 148 valence electrons. The lowest BCUT2D eigenvalue weighted by molar-refractivity contribution is 0.0949. The second kappa shape index (κ2) is 10.1. The lowest BCUT2D eigenvalue weighted by Gasteiger charge is -2.10. The maximum atomic E-state index is 12.8. The molecule has 3 rings (SSSR count). The minimum atomic E-state index is -0.120. The Morgan fingerprint density at radius 1 is 1.14 bits per heavy atom. The molecule has 3 N–H and O–H groups in total. The fraction of sp³-hybridized carbons (Fsp3) is 0.273. The molecule has 0 aliphatic carbocycles. The van der Waals surface area contributed by atoms with Crippen molar-refractivity contribution in [2.75, 3.05) is 13.1 Å². The number of halogens is 1. The van der Waals surface area contributed by atoms with Crippen LogP contribution >= 0.6 is 12.4 Å². The van der Waals surface area contributed by atoms with Gasteiger partial charge in [0.15, 0.2) is 0 Å². The van der Waals surface area contributed by atoms with Crippen molar-refractivity contribution in [2.24, 2.45) is 11.7 Å². The van der Waals surface area contributed by atoms with Gasteiger partial charge in [-0.1, -0.05) is 67.1 Å². The molecule has 0 spiro atoms. The van der Waals surface area contributed by atoms with Crippen LogP contribution in [0.3, 0.4) is 0 Å². The Labute approximate surface area is 172 Å². The molecule has 6 heteroatoms. The van der Waals surface area contributed by atoms with E-state index in [0.717, 1.165) is 11.1 Å². The molecule has 1 heterocycles. The first-order valence-electron chi connectivity index (χ1n) is 9.23. The van der Waals surface area contributed by atoms with Crippen LogP contribution in [0.25, 0.3) is 11.3 Å². The van der Waals surface area contributed by atoms with E-state index in [1.165, 1.54) is 5.56 Å². The van der Waals surface area contributed by atoms with Gasteiger partial charge < -0.3 is 11.1 Å². The van der Waals surface area contributed by atoms with Crippen molar-refractivity contribution in [3.05, 3.63) is 77.5 Å². The normalized spacial score (nSPS) is 11.5. The SMILES string of the molecule is Cc1ccc(-c2nn(Cc3ccccc3)cc2C(=O)NCC(C)CN)cc1.Cl. The Morgan fingerprint density at radius 3 is 2.46 bits per heavy atom. The van der Waals surface area contributed by atoms with Crippen LogP contribution in [0.2, 0.25) is 0 Å². The smallest absolute Gasteiger partial charge is 0.255 e. The summed E-state index contributed by atoms with van der Waals surface area (Å²) in [6.07, 6.45) is 1.82. The molecular formula is C22H27ClN4O. The second-order valence-corrected chi connectivity index (χ2v) is 6.99. The van der Waals surface area contributed by atoms with Gasteiger partial charge in [0.25, 0.3) is 5.91 Å². The standard InChI is InChI=1S/C22H26N4O.ClH/c1-16-8-10-19(11-9-16)21-20(22(27)24-13-17(2)12-23)15-26(25-21)14-18-6-4-3-5-7-18;/h3-11,15,17H,12-14,23H2,1-2H3,(H,24,27);1H. The number of benzene rings is 2. The van der Waals surface area contributed by atoms with Gasteiger partial charge in [-0.2, -0.15) is 5.10 Å². The molecule has 1 atom stereocenters. The number of carbonyl (C=O) groups excluding carboxylic acids is 1. The molecule has 0 radical (unpaired) electrons. The number of amides is 1. The number of carbonyl (C=O) groups is 1. The van der Waals surface area contributed by atoms with Crippen molar-refractivity contribution in [3.8, 4) is 11.3 Å². The van der Waals surface area contributed by atoms with E-state index in [-0.39, 0.29) is 24.2 Å². The summed E-state index contributed by atoms with van der Waals surface area (Å²) in [7, 11) is 0. The molecule has 1 amide bonds. The zero-order valence-electron chi connectivity index (χ0n) is 16.3. The first-order valence-corrected chi connectivity index (χ1v) is 9.23. The van der Waals surface area contributed by atoms with E-state index < -0.39 is 0 Å². The monoisotopic (exact) mass is 398 g/mol. The number of hydrogen-bond donors (Lipinski definition) is 2. The topological polar surface area (TPSA) is 72.9 Å². The Kier molecular flexibility index (Phi) is 7.79. The van der Waals surface area contributed by atoms with Crippen molar-refractivity contribution in [1.29, 1.82) is 0 Å². The summed E-state index contributed by atoms with van der Waals surface area (Å²) in [6.45, 7) is 5.76. The number of aromatic nitrogens is 2. The molecule has 0 aliphatic heterocycles. The van der Waals surface area contributed by atoms with E-state index in [1.54, 1.807) is 0 Å². The molecule has 1 aromatic heterocycles. The molecule has 1 unspecified atom stereocenters. The molecule has 3 aromatic rings. The maximum Gasteiger partial charge on any atom is 0.255 e. The van der Waals surface area contributed by atoms with Gasteiger partial charge in [-0.3, -0.25) is 9.48 Å². The number of rotatable bonds is 7. The first-order chi connectivity index (χ1) is 13.1. The Bertz CT molecular complexity index is 891. The Morgan fingerprint density at radius 2 is 1.82 bits per heavy atom. The first kappa shape index (κ1) is 21.7. The second-order valence-electron chi connectivity index (χ2n) is 6.99. The lowest BCUT2D eigenvalue weighted by Crippen LogP contribution is -2.31. The van der Waals surface area contributed by atoms with Crippen LogP contribution in [0.4, 0.5) is 0 Å². The number of hydrogen-bond acceptors (Lipinski definition) is 3. The minimum absolute atomic E-state index is 0. The third-order valence-electron chi connectivity index (χ3n) is 4.53. The van der Waals surface area contributed by atoms with Gasteiger partial charge in [0.2, 0.25) is 0 Å². The summed E-state index contributed by atoms with van der Waals surface area (Å²) < 4.78 is 1.83. The zero-order chi connectivity index (χ0) is 19.2. The van der Waals surface area contributed by atoms with Gasteiger partial charge >= 0.3 is 0 Å². The van der Waals surface area contributed by atoms with E-state index >= 15 is 0 Å². The fourth-order valence-electron chi connectivity index (χ4n) is 2.81. The van der Waals surface area contributed by atoms with Crippen molar-refractivity contribution < 1.29 is 4.79 Å². The van der Waals surface area contributed by atoms with Gasteiger partial charge in [0.05, 0.1) is 12.1 Å². The van der Waals surface area contributed by atoms with Gasteiger partial charge in [0.1, 0.15) is 5.69 Å². The predicted octanol–water partition coefficient (Wildman–Crippen LogP) is 3.65. The van der Waals surface area contributed by atoms with Crippen LogP contribution in [-0.2, 0) is 6.54 Å². The third kappa shape index (κ3) is 5.44. The minimum Gasteiger partial charge on any atom is -0.352 e. The molecule has 28 heavy (non-hydrogen) atoms. The molecule has 0 saturated carbocycles. The lowest BCUT2D eigenvalue weighted by atomic mass is 10.1. The summed E-state index contributed by atoms with van der Waals surface area (Å²) in [6, 6.07) is 18.2. The van der Waals surface area contributed by atoms with E-state index in [4.69, 9.17) is 10.8 Å². The molecule has 2 aromatic carbocycles. The number of nitrogens with one attached hydrogen (secondary N) is 1. The van der Waals surface area contributed by atoms with E-state index in [1.807, 2.05) is 67.2 Å². The van der Waals surface area contributed by atoms with Crippen LogP contribution in [0.15, 0.2) is 60.8 Å². The van der Waals surface area contributed by atoms with Crippen LogP contribution in [0.5, 0.6) is 0 Å². The number of nitrogens with zero attached hydrogens (tertiary/aromatic N) is 2. The number of nitrogens with two attached hydrogens (primary N) is 1. The molecular weight excluding hydrogens is 372 g/mol. The average molecular weight is 399 g/mol. The summed E-state index contributed by atoms with van der Waals surface area (Å²) in [5.41, 5.74) is 10.2. The van der Waals surface area contributed by atoms with Crippen LogP contribution in [0, 0.1) is 12.8 Å². The summed E-state index contributed by atoms with van der Waals surface area (Å²) in [5, 5.41) is 7.68. The third-order valence-corrected chi connectivity index (χ3v) is 4.53. The largest absolute Gasteiger partial charge is 0.352 e. The van der Waals surface area contributed by atoms with Crippen molar-refractivity contribution in [3.63, 3.8) is 0 Å². The zero-order valence-corrected chi connectivity index (χ0v) is 17.1. The van der Waals surface area contributed by atoms with Crippen LogP contribution in [0.1, 0.15) is 28.4 Å². The summed E-state index contributed by atoms with van der Waals surface area (Å²) in [5.74, 6) is 0.112. The van der Waals surface area contributed by atoms with Crippen molar-refractivity contribution in [2.45, 2.75) is 20.4 Å². The highest BCUT2D eigenvalue weighted by Gasteiger charge is 2.18. The fourth-order valence-corrected chi connectivity index (χ4v) is 2.81. The summed E-state index contributed by atoms with van der Waals surface area (Å²) >= 11 is 0. The van der Waals surface area contributed by atoms with Gasteiger partial charge in [-0.05, 0) is 24.9 Å². The quantitative estimate of drug-likeness (QED) is 0.638. The highest BCUT2D eigenvalue weighted by Crippen LogP contribution is 2.23. The van der Waals surface area contributed by atoms with Gasteiger partial charge in [0, 0.05) is 18.3 Å². The Balaban J connectivity index is 0.00000280. The maximum absolute atomic E-state index is 12.8. The predicted molar refractivity (Wildman–Crippen MR) is 116 cm³/mol. The highest BCUT2D eigenvalue weighted by molar-refractivity contribution is 5.99. The van der Waals surface area contributed by atoms with Crippen LogP contribution < -0.4 is 11.1 Å². The van der Waals surface area contributed by atoms with E-state index in [2.05, 4.69) is 17.4 Å². The molecule has 0 saturated heterocycles. The van der Waals surface area contributed by atoms with E-state index in [0.29, 0.717) is 30.9 Å². The average Bonchev–Trinajstić information content (AvgIpc) is 3.11. The van der Waals surface area contributed by atoms with Gasteiger partial charge in [-0.25, -0.2) is 0 Å². The molecule has 5 nitrogen and oxygen atoms in total. The molecule has 0 fully saturated rings. The van der Waals surface area contributed by atoms with Crippen LogP contribution in [-0.4, -0.2) is 28.8 Å². The Hall–Kier alpha value is -2.63. The van der Waals surface area contributed by atoms with E-state index in [9.17, 15) is 4.79 Å². The number of aryl methyl sites for hydroxylation is 1. The highest BCUT2D eigenvalue weighted by atomic mass is 35.5.